The van der Waals surface area contributed by atoms with Crippen LogP contribution < -0.4 is 0 Å². The van der Waals surface area contributed by atoms with Crippen molar-refractivity contribution < 1.29 is 19.0 Å². The molecule has 2 saturated heterocycles. The number of amides is 1. The van der Waals surface area contributed by atoms with Gasteiger partial charge in [-0.1, -0.05) is 6.07 Å². The number of benzene rings is 1. The van der Waals surface area contributed by atoms with E-state index in [2.05, 4.69) is 4.90 Å². The van der Waals surface area contributed by atoms with Gasteiger partial charge in [-0.15, -0.1) is 0 Å². The zero-order valence-corrected chi connectivity index (χ0v) is 13.4. The van der Waals surface area contributed by atoms with Gasteiger partial charge in [0.1, 0.15) is 5.82 Å². The summed E-state index contributed by atoms with van der Waals surface area (Å²) in [6.45, 7) is 5.97. The second-order valence-corrected chi connectivity index (χ2v) is 6.55. The van der Waals surface area contributed by atoms with Crippen LogP contribution in [-0.2, 0) is 4.74 Å². The van der Waals surface area contributed by atoms with Gasteiger partial charge >= 0.3 is 0 Å². The van der Waals surface area contributed by atoms with E-state index in [0.717, 1.165) is 13.1 Å². The Kier molecular flexibility index (Phi) is 4.66. The van der Waals surface area contributed by atoms with Crippen molar-refractivity contribution in [2.75, 3.05) is 45.9 Å². The largest absolute Gasteiger partial charge is 0.387 e. The Morgan fingerprint density at radius 1 is 1.35 bits per heavy atom. The Balaban J connectivity index is 1.63. The van der Waals surface area contributed by atoms with Gasteiger partial charge in [-0.3, -0.25) is 9.69 Å². The molecule has 2 heterocycles. The van der Waals surface area contributed by atoms with Crippen LogP contribution in [0.15, 0.2) is 18.2 Å². The van der Waals surface area contributed by atoms with Gasteiger partial charge in [-0.05, 0) is 31.0 Å². The van der Waals surface area contributed by atoms with Crippen molar-refractivity contribution in [3.63, 3.8) is 0 Å². The summed E-state index contributed by atoms with van der Waals surface area (Å²) in [5, 5.41) is 10.8. The molecule has 2 fully saturated rings. The predicted molar refractivity (Wildman–Crippen MR) is 83.9 cm³/mol. The van der Waals surface area contributed by atoms with Crippen molar-refractivity contribution >= 4 is 5.91 Å². The van der Waals surface area contributed by atoms with Crippen LogP contribution in [0.2, 0.25) is 0 Å². The quantitative estimate of drug-likeness (QED) is 0.904. The van der Waals surface area contributed by atoms with Crippen LogP contribution in [0.1, 0.15) is 22.3 Å². The summed E-state index contributed by atoms with van der Waals surface area (Å²) in [5.74, 6) is -0.597. The van der Waals surface area contributed by atoms with E-state index >= 15 is 0 Å². The summed E-state index contributed by atoms with van der Waals surface area (Å²) in [4.78, 5) is 16.3. The molecule has 1 atom stereocenters. The minimum absolute atomic E-state index is 0.221. The lowest BCUT2D eigenvalue weighted by Crippen LogP contribution is -2.49. The third-order valence-corrected chi connectivity index (χ3v) is 4.66. The number of likely N-dealkylation sites (tertiary alicyclic amines) is 1. The number of hydrogen-bond donors (Lipinski definition) is 1. The zero-order valence-electron chi connectivity index (χ0n) is 13.4. The van der Waals surface area contributed by atoms with E-state index in [1.165, 1.54) is 6.07 Å². The molecule has 2 aliphatic heterocycles. The smallest absolute Gasteiger partial charge is 0.254 e. The lowest BCUT2D eigenvalue weighted by molar-refractivity contribution is -0.0257. The molecule has 5 nitrogen and oxygen atoms in total. The summed E-state index contributed by atoms with van der Waals surface area (Å²) in [6.07, 6.45) is 0.546. The molecule has 0 aliphatic carbocycles. The predicted octanol–water partition coefficient (Wildman–Crippen LogP) is 1.04. The number of aliphatic hydroxyl groups is 1. The van der Waals surface area contributed by atoms with E-state index in [-0.39, 0.29) is 11.7 Å². The van der Waals surface area contributed by atoms with Gasteiger partial charge in [-0.25, -0.2) is 4.39 Å². The van der Waals surface area contributed by atoms with Crippen molar-refractivity contribution in [3.8, 4) is 0 Å². The fourth-order valence-electron chi connectivity index (χ4n) is 3.24. The number of halogens is 1. The number of hydrogen-bond acceptors (Lipinski definition) is 4. The second-order valence-electron chi connectivity index (χ2n) is 6.55. The van der Waals surface area contributed by atoms with Crippen LogP contribution in [0.4, 0.5) is 4.39 Å². The Hall–Kier alpha value is -1.50. The third-order valence-electron chi connectivity index (χ3n) is 4.66. The van der Waals surface area contributed by atoms with Gasteiger partial charge in [0, 0.05) is 31.7 Å². The molecule has 0 saturated carbocycles. The van der Waals surface area contributed by atoms with Crippen LogP contribution in [0.5, 0.6) is 0 Å². The third kappa shape index (κ3) is 3.71. The fourth-order valence-corrected chi connectivity index (χ4v) is 3.24. The van der Waals surface area contributed by atoms with Gasteiger partial charge in [0.05, 0.1) is 25.4 Å². The Morgan fingerprint density at radius 3 is 2.78 bits per heavy atom. The maximum absolute atomic E-state index is 13.6. The monoisotopic (exact) mass is 322 g/mol. The van der Waals surface area contributed by atoms with Crippen LogP contribution in [0, 0.1) is 12.7 Å². The first-order chi connectivity index (χ1) is 11.0. The maximum Gasteiger partial charge on any atom is 0.254 e. The molecular weight excluding hydrogens is 299 g/mol. The molecule has 0 unspecified atom stereocenters. The highest BCUT2D eigenvalue weighted by molar-refractivity contribution is 5.94. The number of nitrogens with zero attached hydrogens (tertiary/aromatic N) is 2. The molecule has 0 radical (unpaired) electrons. The number of carbonyl (C=O) groups is 1. The van der Waals surface area contributed by atoms with E-state index in [1.54, 1.807) is 24.0 Å². The van der Waals surface area contributed by atoms with Crippen molar-refractivity contribution in [2.45, 2.75) is 18.9 Å². The highest BCUT2D eigenvalue weighted by Gasteiger charge is 2.39. The molecule has 1 amide bonds. The van der Waals surface area contributed by atoms with Crippen LogP contribution in [0.25, 0.3) is 0 Å². The van der Waals surface area contributed by atoms with Crippen molar-refractivity contribution in [2.24, 2.45) is 0 Å². The average Bonchev–Trinajstić information content (AvgIpc) is 2.92. The van der Waals surface area contributed by atoms with Gasteiger partial charge in [0.25, 0.3) is 5.91 Å². The minimum Gasteiger partial charge on any atom is -0.387 e. The van der Waals surface area contributed by atoms with Gasteiger partial charge < -0.3 is 14.7 Å². The molecule has 1 N–H and O–H groups in total. The van der Waals surface area contributed by atoms with E-state index < -0.39 is 5.60 Å². The van der Waals surface area contributed by atoms with Crippen LogP contribution in [0.3, 0.4) is 0 Å². The van der Waals surface area contributed by atoms with Gasteiger partial charge in [-0.2, -0.15) is 0 Å². The first kappa shape index (κ1) is 16.4. The topological polar surface area (TPSA) is 53.0 Å². The minimum atomic E-state index is -0.893. The summed E-state index contributed by atoms with van der Waals surface area (Å²) in [7, 11) is 0. The molecule has 0 spiro atoms. The highest BCUT2D eigenvalue weighted by Crippen LogP contribution is 2.25. The first-order valence-electron chi connectivity index (χ1n) is 8.05. The number of β-amino-alcohol motifs (C(OH)–C–C–N with tert-alkyl or cyclic N) is 1. The van der Waals surface area contributed by atoms with Gasteiger partial charge in [0.2, 0.25) is 0 Å². The lowest BCUT2D eigenvalue weighted by atomic mass is 10.0. The molecule has 1 aromatic carbocycles. The summed E-state index contributed by atoms with van der Waals surface area (Å²) in [6, 6.07) is 4.52. The van der Waals surface area contributed by atoms with E-state index in [4.69, 9.17) is 4.74 Å². The van der Waals surface area contributed by atoms with Crippen LogP contribution in [-0.4, -0.2) is 72.4 Å². The molecule has 0 bridgehead atoms. The first-order valence-corrected chi connectivity index (χ1v) is 8.05. The number of morpholine rings is 1. The number of carbonyl (C=O) groups excluding carboxylic acids is 1. The normalized spacial score (nSPS) is 25.8. The molecule has 126 valence electrons. The SMILES string of the molecule is Cc1ccc(C(=O)N2CC[C@@](O)(CN3CCOCC3)C2)cc1F. The zero-order chi connectivity index (χ0) is 16.4. The van der Waals surface area contributed by atoms with E-state index in [1.807, 2.05) is 0 Å². The second kappa shape index (κ2) is 6.55. The Labute approximate surface area is 135 Å². The Bertz CT molecular complexity index is 589. The van der Waals surface area contributed by atoms with Crippen molar-refractivity contribution in [3.05, 3.63) is 35.1 Å². The summed E-state index contributed by atoms with van der Waals surface area (Å²) in [5.41, 5.74) is -0.0357. The van der Waals surface area contributed by atoms with Crippen molar-refractivity contribution in [1.29, 1.82) is 0 Å². The van der Waals surface area contributed by atoms with E-state index in [0.29, 0.717) is 50.4 Å². The standard InChI is InChI=1S/C17H23FN2O3/c1-13-2-3-14(10-15(13)18)16(21)20-5-4-17(22,12-20)11-19-6-8-23-9-7-19/h2-3,10,22H,4-9,11-12H2,1H3/t17-/m1/s1. The Morgan fingerprint density at radius 2 is 2.09 bits per heavy atom. The average molecular weight is 322 g/mol. The molecule has 2 aliphatic rings. The molecule has 0 aromatic heterocycles. The molecule has 3 rings (SSSR count). The number of rotatable bonds is 3. The molecule has 1 aromatic rings. The molecule has 23 heavy (non-hydrogen) atoms. The highest BCUT2D eigenvalue weighted by atomic mass is 19.1. The summed E-state index contributed by atoms with van der Waals surface area (Å²) >= 11 is 0. The molecule has 6 heteroatoms. The number of aryl methyl sites for hydroxylation is 1. The molecular formula is C17H23FN2O3. The van der Waals surface area contributed by atoms with E-state index in [9.17, 15) is 14.3 Å². The van der Waals surface area contributed by atoms with Crippen LogP contribution >= 0.6 is 0 Å². The lowest BCUT2D eigenvalue weighted by Gasteiger charge is -2.33. The number of ether oxygens (including phenoxy) is 1. The fraction of sp³-hybridized carbons (Fsp3) is 0.588. The van der Waals surface area contributed by atoms with Gasteiger partial charge in [0.15, 0.2) is 0 Å². The van der Waals surface area contributed by atoms with Crippen molar-refractivity contribution in [1.82, 2.24) is 9.80 Å². The summed E-state index contributed by atoms with van der Waals surface area (Å²) < 4.78 is 19.0. The maximum atomic E-state index is 13.6.